The van der Waals surface area contributed by atoms with Gasteiger partial charge >= 0.3 is 0 Å². The quantitative estimate of drug-likeness (QED) is 0.656. The van der Waals surface area contributed by atoms with Crippen LogP contribution in [0.4, 0.5) is 0 Å². The molecule has 1 aromatic heterocycles. The van der Waals surface area contributed by atoms with Gasteiger partial charge in [-0.2, -0.15) is 9.40 Å². The molecular formula is C8H11N3O3S. The molecule has 82 valence electrons. The van der Waals surface area contributed by atoms with Gasteiger partial charge in [0.05, 0.1) is 24.1 Å². The van der Waals surface area contributed by atoms with Crippen LogP contribution in [0.3, 0.4) is 0 Å². The Morgan fingerprint density at radius 1 is 1.53 bits per heavy atom. The Morgan fingerprint density at radius 3 is 2.67 bits per heavy atom. The number of hydrogen-bond donors (Lipinski definition) is 0. The number of carbonyl (C=O) groups is 1. The van der Waals surface area contributed by atoms with Crippen molar-refractivity contribution in [3.63, 3.8) is 0 Å². The molecule has 0 saturated carbocycles. The lowest BCUT2D eigenvalue weighted by Gasteiger charge is -2.36. The Labute approximate surface area is 87.5 Å². The number of aromatic nitrogens is 2. The van der Waals surface area contributed by atoms with Crippen LogP contribution in [0.15, 0.2) is 12.4 Å². The Balaban J connectivity index is 2.03. The number of carbonyl (C=O) groups excluding carboxylic acids is 1. The van der Waals surface area contributed by atoms with E-state index < -0.39 is 10.0 Å². The van der Waals surface area contributed by atoms with Crippen molar-refractivity contribution in [2.75, 3.05) is 19.3 Å². The molecule has 1 aliphatic heterocycles. The zero-order valence-corrected chi connectivity index (χ0v) is 9.01. The predicted molar refractivity (Wildman–Crippen MR) is 53.1 cm³/mol. The molecule has 0 aromatic carbocycles. The van der Waals surface area contributed by atoms with Gasteiger partial charge in [0.1, 0.15) is 0 Å². The van der Waals surface area contributed by atoms with E-state index in [1.807, 2.05) is 0 Å². The molecule has 0 bridgehead atoms. The highest BCUT2D eigenvalue weighted by atomic mass is 32.2. The molecule has 2 rings (SSSR count). The van der Waals surface area contributed by atoms with Crippen molar-refractivity contribution < 1.29 is 13.2 Å². The third-order valence-corrected chi connectivity index (χ3v) is 3.67. The van der Waals surface area contributed by atoms with Crippen LogP contribution >= 0.6 is 0 Å². The first kappa shape index (κ1) is 10.3. The van der Waals surface area contributed by atoms with Crippen LogP contribution in [0.5, 0.6) is 0 Å². The SMILES string of the molecule is CS(=O)(=O)N1CC(n2cc(C=O)cn2)C1. The van der Waals surface area contributed by atoms with Crippen molar-refractivity contribution in [1.29, 1.82) is 0 Å². The molecule has 0 atom stereocenters. The van der Waals surface area contributed by atoms with Crippen LogP contribution in [0, 0.1) is 0 Å². The fourth-order valence-corrected chi connectivity index (χ4v) is 2.35. The summed E-state index contributed by atoms with van der Waals surface area (Å²) in [6, 6.07) is 0.0495. The molecular weight excluding hydrogens is 218 g/mol. The minimum atomic E-state index is -3.08. The van der Waals surface area contributed by atoms with Gasteiger partial charge in [-0.15, -0.1) is 0 Å². The van der Waals surface area contributed by atoms with E-state index in [1.54, 1.807) is 10.9 Å². The van der Waals surface area contributed by atoms with E-state index in [4.69, 9.17) is 0 Å². The monoisotopic (exact) mass is 229 g/mol. The predicted octanol–water partition coefficient (Wildman–Crippen LogP) is -0.488. The smallest absolute Gasteiger partial charge is 0.211 e. The molecule has 0 spiro atoms. The topological polar surface area (TPSA) is 72.3 Å². The van der Waals surface area contributed by atoms with Crippen LogP contribution in [-0.2, 0) is 10.0 Å². The molecule has 2 heterocycles. The van der Waals surface area contributed by atoms with Crippen LogP contribution < -0.4 is 0 Å². The summed E-state index contributed by atoms with van der Waals surface area (Å²) in [4.78, 5) is 10.4. The average molecular weight is 229 g/mol. The first-order valence-corrected chi connectivity index (χ1v) is 6.30. The standard InChI is InChI=1S/C8H11N3O3S/c1-15(13,14)10-4-8(5-10)11-3-7(6-12)2-9-11/h2-3,6,8H,4-5H2,1H3. The van der Waals surface area contributed by atoms with Crippen molar-refractivity contribution in [2.45, 2.75) is 6.04 Å². The maximum absolute atomic E-state index is 11.1. The van der Waals surface area contributed by atoms with E-state index in [9.17, 15) is 13.2 Å². The minimum Gasteiger partial charge on any atom is -0.298 e. The average Bonchev–Trinajstić information content (AvgIpc) is 2.47. The number of hydrogen-bond acceptors (Lipinski definition) is 4. The minimum absolute atomic E-state index is 0.0495. The zero-order chi connectivity index (χ0) is 11.1. The van der Waals surface area contributed by atoms with Gasteiger partial charge < -0.3 is 0 Å². The molecule has 15 heavy (non-hydrogen) atoms. The summed E-state index contributed by atoms with van der Waals surface area (Å²) < 4.78 is 25.2. The molecule has 7 heteroatoms. The lowest BCUT2D eigenvalue weighted by atomic mass is 10.2. The third kappa shape index (κ3) is 1.93. The molecule has 0 amide bonds. The van der Waals surface area contributed by atoms with Gasteiger partial charge in [-0.1, -0.05) is 0 Å². The van der Waals surface area contributed by atoms with Gasteiger partial charge in [0.25, 0.3) is 0 Å². The molecule has 1 aliphatic rings. The summed E-state index contributed by atoms with van der Waals surface area (Å²) in [5, 5.41) is 3.99. The molecule has 1 aromatic rings. The van der Waals surface area contributed by atoms with Gasteiger partial charge in [0.15, 0.2) is 6.29 Å². The first-order valence-electron chi connectivity index (χ1n) is 4.45. The Bertz CT molecular complexity index is 473. The number of aldehydes is 1. The zero-order valence-electron chi connectivity index (χ0n) is 8.20. The number of rotatable bonds is 3. The van der Waals surface area contributed by atoms with E-state index in [-0.39, 0.29) is 6.04 Å². The molecule has 6 nitrogen and oxygen atoms in total. The fourth-order valence-electron chi connectivity index (χ4n) is 1.47. The van der Waals surface area contributed by atoms with Gasteiger partial charge in [-0.05, 0) is 0 Å². The Hall–Kier alpha value is -1.21. The van der Waals surface area contributed by atoms with E-state index in [2.05, 4.69) is 5.10 Å². The van der Waals surface area contributed by atoms with Crippen molar-refractivity contribution in [3.8, 4) is 0 Å². The van der Waals surface area contributed by atoms with Crippen molar-refractivity contribution in [1.82, 2.24) is 14.1 Å². The Kier molecular flexibility index (Phi) is 2.35. The largest absolute Gasteiger partial charge is 0.298 e. The van der Waals surface area contributed by atoms with Crippen LogP contribution in [0.1, 0.15) is 16.4 Å². The summed E-state index contributed by atoms with van der Waals surface area (Å²) in [5.74, 6) is 0. The summed E-state index contributed by atoms with van der Waals surface area (Å²) in [7, 11) is -3.08. The van der Waals surface area contributed by atoms with Crippen LogP contribution in [0.25, 0.3) is 0 Å². The molecule has 0 radical (unpaired) electrons. The first-order chi connectivity index (χ1) is 7.00. The van der Waals surface area contributed by atoms with Crippen molar-refractivity contribution in [2.24, 2.45) is 0 Å². The highest BCUT2D eigenvalue weighted by molar-refractivity contribution is 7.88. The van der Waals surface area contributed by atoms with Crippen LogP contribution in [0.2, 0.25) is 0 Å². The third-order valence-electron chi connectivity index (χ3n) is 2.43. The van der Waals surface area contributed by atoms with Crippen molar-refractivity contribution >= 4 is 16.3 Å². The van der Waals surface area contributed by atoms with Gasteiger partial charge in [0, 0.05) is 19.3 Å². The molecule has 0 N–H and O–H groups in total. The lowest BCUT2D eigenvalue weighted by molar-refractivity contribution is 0.112. The summed E-state index contributed by atoms with van der Waals surface area (Å²) in [6.07, 6.45) is 4.99. The van der Waals surface area contributed by atoms with E-state index in [0.29, 0.717) is 18.7 Å². The van der Waals surface area contributed by atoms with Crippen molar-refractivity contribution in [3.05, 3.63) is 18.0 Å². The van der Waals surface area contributed by atoms with E-state index in [0.717, 1.165) is 6.29 Å². The van der Waals surface area contributed by atoms with Crippen LogP contribution in [-0.4, -0.2) is 48.1 Å². The number of nitrogens with zero attached hydrogens (tertiary/aromatic N) is 3. The second-order valence-corrected chi connectivity index (χ2v) is 5.59. The van der Waals surface area contributed by atoms with E-state index >= 15 is 0 Å². The normalized spacial score (nSPS) is 18.7. The highest BCUT2D eigenvalue weighted by Crippen LogP contribution is 2.22. The second kappa shape index (κ2) is 3.42. The van der Waals surface area contributed by atoms with Gasteiger partial charge in [-0.25, -0.2) is 8.42 Å². The summed E-state index contributed by atoms with van der Waals surface area (Å²) >= 11 is 0. The maximum atomic E-state index is 11.1. The molecule has 0 unspecified atom stereocenters. The molecule has 1 fully saturated rings. The van der Waals surface area contributed by atoms with E-state index in [1.165, 1.54) is 16.8 Å². The molecule has 1 saturated heterocycles. The van der Waals surface area contributed by atoms with Gasteiger partial charge in [0.2, 0.25) is 10.0 Å². The van der Waals surface area contributed by atoms with Gasteiger partial charge in [-0.3, -0.25) is 9.48 Å². The molecule has 0 aliphatic carbocycles. The maximum Gasteiger partial charge on any atom is 0.211 e. The second-order valence-electron chi connectivity index (χ2n) is 3.61. The number of sulfonamides is 1. The Morgan fingerprint density at radius 2 is 2.20 bits per heavy atom. The fraction of sp³-hybridized carbons (Fsp3) is 0.500. The lowest BCUT2D eigenvalue weighted by Crippen LogP contribution is -2.50. The summed E-state index contributed by atoms with van der Waals surface area (Å²) in [5.41, 5.74) is 0.507. The highest BCUT2D eigenvalue weighted by Gasteiger charge is 2.34. The summed E-state index contributed by atoms with van der Waals surface area (Å²) in [6.45, 7) is 0.859.